The number of fused-ring (bicyclic) bond motifs is 1. The van der Waals surface area contributed by atoms with Crippen LogP contribution >= 0.6 is 11.6 Å². The number of benzene rings is 1. The first-order valence-electron chi connectivity index (χ1n) is 13.8. The molecule has 11 nitrogen and oxygen atoms in total. The zero-order valence-electron chi connectivity index (χ0n) is 22.7. The predicted molar refractivity (Wildman–Crippen MR) is 153 cm³/mol. The smallest absolute Gasteiger partial charge is 0.213 e. The fourth-order valence-corrected chi connectivity index (χ4v) is 5.57. The number of pyridine rings is 2. The van der Waals surface area contributed by atoms with Crippen LogP contribution in [-0.4, -0.2) is 72.5 Å². The van der Waals surface area contributed by atoms with E-state index in [0.717, 1.165) is 36.6 Å². The summed E-state index contributed by atoms with van der Waals surface area (Å²) in [6.07, 6.45) is 2.80. The fraction of sp³-hybridized carbons (Fsp3) is 0.379. The maximum atomic E-state index is 14.1. The lowest BCUT2D eigenvalue weighted by Crippen LogP contribution is -2.43. The molecule has 5 heterocycles. The molecule has 13 heteroatoms. The van der Waals surface area contributed by atoms with Crippen molar-refractivity contribution in [1.29, 1.82) is 0 Å². The maximum Gasteiger partial charge on any atom is 0.213 e. The van der Waals surface area contributed by atoms with Crippen molar-refractivity contribution in [3.05, 3.63) is 82.3 Å². The van der Waals surface area contributed by atoms with Gasteiger partial charge in [0, 0.05) is 35.7 Å². The van der Waals surface area contributed by atoms with E-state index in [-0.39, 0.29) is 24.5 Å². The number of nitrogens with two attached hydrogens (primary N) is 1. The Morgan fingerprint density at radius 2 is 2.07 bits per heavy atom. The number of hydrogen-bond acceptors (Lipinski definition) is 9. The van der Waals surface area contributed by atoms with E-state index in [2.05, 4.69) is 24.6 Å². The number of aliphatic hydroxyl groups excluding tert-OH is 1. The van der Waals surface area contributed by atoms with E-state index in [0.29, 0.717) is 53.7 Å². The van der Waals surface area contributed by atoms with Crippen molar-refractivity contribution < 1.29 is 24.2 Å². The average molecular weight is 596 g/mol. The molecule has 2 aliphatic rings. The second-order valence-corrected chi connectivity index (χ2v) is 11.0. The Labute approximate surface area is 246 Å². The van der Waals surface area contributed by atoms with Crippen LogP contribution in [0.15, 0.2) is 53.8 Å². The lowest BCUT2D eigenvalue weighted by atomic mass is 9.90. The minimum Gasteiger partial charge on any atom is -0.473 e. The Bertz CT molecular complexity index is 1610. The average Bonchev–Trinajstić information content (AvgIpc) is 3.30. The molecule has 4 aromatic rings. The summed E-state index contributed by atoms with van der Waals surface area (Å²) in [5, 5.41) is 23.6. The molecule has 2 fully saturated rings. The van der Waals surface area contributed by atoms with E-state index in [1.807, 2.05) is 12.1 Å². The molecule has 42 heavy (non-hydrogen) atoms. The van der Waals surface area contributed by atoms with Gasteiger partial charge >= 0.3 is 0 Å². The number of oxime groups is 1. The second-order valence-electron chi connectivity index (χ2n) is 10.6. The van der Waals surface area contributed by atoms with Gasteiger partial charge in [-0.1, -0.05) is 28.9 Å². The largest absolute Gasteiger partial charge is 0.473 e. The van der Waals surface area contributed by atoms with Crippen LogP contribution in [0.3, 0.4) is 0 Å². The monoisotopic (exact) mass is 595 g/mol. The van der Waals surface area contributed by atoms with E-state index < -0.39 is 11.9 Å². The van der Waals surface area contributed by atoms with Crippen LogP contribution in [0.25, 0.3) is 11.0 Å². The van der Waals surface area contributed by atoms with E-state index in [1.54, 1.807) is 30.5 Å². The van der Waals surface area contributed by atoms with Gasteiger partial charge in [-0.25, -0.2) is 14.4 Å². The minimum absolute atomic E-state index is 0.0176. The Balaban J connectivity index is 1.14. The standard InChI is InChI=1S/C29H31ClFN7O4/c30-18-5-4-17(21(31)10-18)16-42-28-3-1-2-22(35-28)20-6-8-37(14-26(20)39)15-27-34-23-11-24(29(32)36-40)33-12-25(23)38(27)13-19-7-9-41-19/h1-5,10-12,19-20,26,39-40H,6-9,13-16H2,(H2,32,36)/t19-,20?,26?/m0/s1. The second kappa shape index (κ2) is 12.2. The normalized spacial score (nSPS) is 21.4. The number of aliphatic hydroxyl groups is 1. The molecule has 220 valence electrons. The number of β-amino-alcohol motifs (C(OH)–C–C–N with tert-alkyl or cyclic N) is 1. The third-order valence-corrected chi connectivity index (χ3v) is 8.05. The van der Waals surface area contributed by atoms with Crippen molar-refractivity contribution in [2.75, 3.05) is 19.7 Å². The topological polar surface area (TPSA) is 144 Å². The summed E-state index contributed by atoms with van der Waals surface area (Å²) in [6.45, 7) is 3.09. The van der Waals surface area contributed by atoms with Gasteiger partial charge in [0.15, 0.2) is 5.84 Å². The van der Waals surface area contributed by atoms with Crippen LogP contribution in [0.2, 0.25) is 5.02 Å². The van der Waals surface area contributed by atoms with Crippen molar-refractivity contribution in [1.82, 2.24) is 24.4 Å². The van der Waals surface area contributed by atoms with E-state index in [9.17, 15) is 9.50 Å². The number of likely N-dealkylation sites (tertiary alicyclic amines) is 1. The summed E-state index contributed by atoms with van der Waals surface area (Å²) >= 11 is 5.84. The first-order chi connectivity index (χ1) is 20.4. The van der Waals surface area contributed by atoms with Gasteiger partial charge in [-0.3, -0.25) is 9.88 Å². The molecule has 0 aliphatic carbocycles. The summed E-state index contributed by atoms with van der Waals surface area (Å²) in [6, 6.07) is 11.6. The SMILES string of the molecule is N/C(=N\O)c1cc2nc(CN3CCC(c4cccc(OCc5ccc(Cl)cc5F)n4)C(O)C3)n(C[C@@H]3CCO3)c2cn1. The predicted octanol–water partition coefficient (Wildman–Crippen LogP) is 3.43. The van der Waals surface area contributed by atoms with Gasteiger partial charge < -0.3 is 30.1 Å². The third-order valence-electron chi connectivity index (χ3n) is 7.81. The van der Waals surface area contributed by atoms with Crippen LogP contribution in [0.1, 0.15) is 41.5 Å². The molecule has 2 saturated heterocycles. The number of nitrogens with zero attached hydrogens (tertiary/aromatic N) is 6. The van der Waals surface area contributed by atoms with Gasteiger partial charge in [-0.15, -0.1) is 0 Å². The molecule has 4 N–H and O–H groups in total. The van der Waals surface area contributed by atoms with Crippen LogP contribution < -0.4 is 10.5 Å². The lowest BCUT2D eigenvalue weighted by molar-refractivity contribution is -0.0593. The van der Waals surface area contributed by atoms with Gasteiger partial charge in [0.2, 0.25) is 5.88 Å². The fourth-order valence-electron chi connectivity index (χ4n) is 5.42. The number of hydrogen-bond donors (Lipinski definition) is 3. The molecule has 0 amide bonds. The van der Waals surface area contributed by atoms with Gasteiger partial charge in [0.05, 0.1) is 48.2 Å². The van der Waals surface area contributed by atoms with Gasteiger partial charge in [-0.05, 0) is 43.7 Å². The molecule has 0 spiro atoms. The van der Waals surface area contributed by atoms with Crippen molar-refractivity contribution in [2.45, 2.75) is 50.7 Å². The molecular formula is C29H31ClFN7O4. The number of imidazole rings is 1. The summed E-state index contributed by atoms with van der Waals surface area (Å²) in [4.78, 5) is 16.0. The van der Waals surface area contributed by atoms with Crippen LogP contribution in [-0.2, 0) is 24.4 Å². The molecule has 6 rings (SSSR count). The maximum absolute atomic E-state index is 14.1. The molecule has 2 unspecified atom stereocenters. The van der Waals surface area contributed by atoms with Crippen molar-refractivity contribution in [3.8, 4) is 5.88 Å². The Morgan fingerprint density at radius 1 is 1.21 bits per heavy atom. The Hall–Kier alpha value is -3.84. The van der Waals surface area contributed by atoms with Crippen molar-refractivity contribution in [2.24, 2.45) is 10.9 Å². The van der Waals surface area contributed by atoms with Crippen LogP contribution in [0, 0.1) is 5.82 Å². The molecule has 3 aromatic heterocycles. The number of halogens is 2. The van der Waals surface area contributed by atoms with E-state index in [4.69, 9.17) is 37.0 Å². The first kappa shape index (κ1) is 28.3. The molecule has 0 saturated carbocycles. The third kappa shape index (κ3) is 6.02. The number of rotatable bonds is 9. The van der Waals surface area contributed by atoms with Gasteiger partial charge in [0.25, 0.3) is 0 Å². The Kier molecular flexibility index (Phi) is 8.20. The Morgan fingerprint density at radius 3 is 2.81 bits per heavy atom. The minimum atomic E-state index is -0.656. The van der Waals surface area contributed by atoms with E-state index >= 15 is 0 Å². The summed E-state index contributed by atoms with van der Waals surface area (Å²) in [5.74, 6) is 0.498. The molecule has 0 radical (unpaired) electrons. The van der Waals surface area contributed by atoms with Crippen LogP contribution in [0.4, 0.5) is 4.39 Å². The molecular weight excluding hydrogens is 565 g/mol. The molecule has 0 bridgehead atoms. The number of piperidine rings is 1. The summed E-state index contributed by atoms with van der Waals surface area (Å²) < 4.78 is 27.7. The molecule has 1 aromatic carbocycles. The first-order valence-corrected chi connectivity index (χ1v) is 14.1. The summed E-state index contributed by atoms with van der Waals surface area (Å²) in [7, 11) is 0. The van der Waals surface area contributed by atoms with E-state index in [1.165, 1.54) is 6.07 Å². The van der Waals surface area contributed by atoms with Gasteiger partial charge in [-0.2, -0.15) is 0 Å². The highest BCUT2D eigenvalue weighted by Gasteiger charge is 2.31. The van der Waals surface area contributed by atoms with Crippen molar-refractivity contribution >= 4 is 28.5 Å². The quantitative estimate of drug-likeness (QED) is 0.115. The highest BCUT2D eigenvalue weighted by atomic mass is 35.5. The number of aromatic nitrogens is 4. The number of ether oxygens (including phenoxy) is 2. The highest BCUT2D eigenvalue weighted by molar-refractivity contribution is 6.30. The molecule has 2 aliphatic heterocycles. The zero-order chi connectivity index (χ0) is 29.2. The summed E-state index contributed by atoms with van der Waals surface area (Å²) in [5.41, 5.74) is 8.73. The van der Waals surface area contributed by atoms with Crippen LogP contribution in [0.5, 0.6) is 5.88 Å². The zero-order valence-corrected chi connectivity index (χ0v) is 23.5. The van der Waals surface area contributed by atoms with Crippen molar-refractivity contribution in [3.63, 3.8) is 0 Å². The highest BCUT2D eigenvalue weighted by Crippen LogP contribution is 2.30. The molecule has 3 atom stereocenters. The number of amidine groups is 1. The van der Waals surface area contributed by atoms with Gasteiger partial charge in [0.1, 0.15) is 23.9 Å². The lowest BCUT2D eigenvalue weighted by Gasteiger charge is -2.35.